The van der Waals surface area contributed by atoms with Gasteiger partial charge in [-0.15, -0.1) is 0 Å². The molecule has 1 aromatic carbocycles. The molecular formula is C20H21N5O. The summed E-state index contributed by atoms with van der Waals surface area (Å²) in [7, 11) is 0. The highest BCUT2D eigenvalue weighted by Gasteiger charge is 2.29. The molecule has 1 aromatic heterocycles. The zero-order chi connectivity index (χ0) is 17.9. The summed E-state index contributed by atoms with van der Waals surface area (Å²) in [6.45, 7) is 4.47. The third-order valence-electron chi connectivity index (χ3n) is 4.43. The summed E-state index contributed by atoms with van der Waals surface area (Å²) < 4.78 is 0. The Bertz CT molecular complexity index is 885. The summed E-state index contributed by atoms with van der Waals surface area (Å²) in [6, 6.07) is 11.7. The Labute approximate surface area is 152 Å². The highest BCUT2D eigenvalue weighted by molar-refractivity contribution is 6.10. The summed E-state index contributed by atoms with van der Waals surface area (Å²) in [5, 5.41) is 6.57. The summed E-state index contributed by atoms with van der Waals surface area (Å²) in [5.41, 5.74) is 2.61. The molecule has 2 aliphatic heterocycles. The van der Waals surface area contributed by atoms with Gasteiger partial charge in [0.05, 0.1) is 12.2 Å². The second-order valence-corrected chi connectivity index (χ2v) is 6.28. The largest absolute Gasteiger partial charge is 0.370 e. The second-order valence-electron chi connectivity index (χ2n) is 6.28. The molecule has 6 heteroatoms. The van der Waals surface area contributed by atoms with Crippen molar-refractivity contribution in [2.75, 3.05) is 30.3 Å². The zero-order valence-corrected chi connectivity index (χ0v) is 14.7. The van der Waals surface area contributed by atoms with Crippen molar-refractivity contribution in [3.8, 4) is 0 Å². The molecule has 0 atom stereocenters. The molecule has 132 valence electrons. The number of aromatic nitrogens is 1. The highest BCUT2D eigenvalue weighted by atomic mass is 16.1. The van der Waals surface area contributed by atoms with Gasteiger partial charge in [-0.1, -0.05) is 19.1 Å². The van der Waals surface area contributed by atoms with Crippen LogP contribution >= 0.6 is 0 Å². The van der Waals surface area contributed by atoms with Crippen molar-refractivity contribution in [3.63, 3.8) is 0 Å². The van der Waals surface area contributed by atoms with Crippen molar-refractivity contribution in [1.82, 2.24) is 9.88 Å². The van der Waals surface area contributed by atoms with E-state index in [1.807, 2.05) is 30.3 Å². The minimum Gasteiger partial charge on any atom is -0.370 e. The van der Waals surface area contributed by atoms with Crippen LogP contribution in [0, 0.1) is 0 Å². The van der Waals surface area contributed by atoms with Gasteiger partial charge < -0.3 is 15.5 Å². The number of hydrogen-bond acceptors (Lipinski definition) is 6. The number of allylic oxidation sites excluding steroid dienone is 1. The quantitative estimate of drug-likeness (QED) is 0.642. The Morgan fingerprint density at radius 3 is 3.00 bits per heavy atom. The van der Waals surface area contributed by atoms with Crippen molar-refractivity contribution < 1.29 is 4.79 Å². The van der Waals surface area contributed by atoms with E-state index >= 15 is 0 Å². The topological polar surface area (TPSA) is 69.6 Å². The van der Waals surface area contributed by atoms with Crippen LogP contribution in [-0.2, 0) is 0 Å². The average Bonchev–Trinajstić information content (AvgIpc) is 3.17. The van der Waals surface area contributed by atoms with Crippen LogP contribution in [-0.4, -0.2) is 41.1 Å². The van der Waals surface area contributed by atoms with E-state index in [0.29, 0.717) is 5.56 Å². The second kappa shape index (κ2) is 7.00. The maximum atomic E-state index is 12.7. The number of hydrogen-bond donors (Lipinski definition) is 2. The molecule has 2 aliphatic rings. The molecule has 0 spiro atoms. The first-order valence-electron chi connectivity index (χ1n) is 8.90. The Morgan fingerprint density at radius 1 is 1.31 bits per heavy atom. The molecule has 6 nitrogen and oxygen atoms in total. The molecule has 3 heterocycles. The minimum absolute atomic E-state index is 0.0762. The number of fused-ring (bicyclic) bond motifs is 3. The van der Waals surface area contributed by atoms with Crippen LogP contribution < -0.4 is 10.6 Å². The molecule has 0 bridgehead atoms. The number of ketones is 1. The number of pyridine rings is 1. The number of aliphatic imine (C=N–C) groups is 1. The van der Waals surface area contributed by atoms with Crippen LogP contribution in [0.15, 0.2) is 59.5 Å². The number of anilines is 2. The summed E-state index contributed by atoms with van der Waals surface area (Å²) in [4.78, 5) is 23.7. The van der Waals surface area contributed by atoms with Crippen LogP contribution in [0.1, 0.15) is 29.3 Å². The molecule has 0 saturated heterocycles. The van der Waals surface area contributed by atoms with E-state index in [0.717, 1.165) is 54.8 Å². The lowest BCUT2D eigenvalue weighted by Crippen LogP contribution is -2.36. The van der Waals surface area contributed by atoms with Crippen LogP contribution in [0.5, 0.6) is 0 Å². The lowest BCUT2D eigenvalue weighted by atomic mass is 10.1. The Balaban J connectivity index is 1.58. The molecule has 0 fully saturated rings. The van der Waals surface area contributed by atoms with Crippen LogP contribution in [0.2, 0.25) is 0 Å². The first-order valence-corrected chi connectivity index (χ1v) is 8.90. The van der Waals surface area contributed by atoms with Crippen molar-refractivity contribution in [2.45, 2.75) is 13.3 Å². The first-order chi connectivity index (χ1) is 12.8. The fourth-order valence-corrected chi connectivity index (χ4v) is 3.12. The molecule has 0 saturated carbocycles. The molecule has 2 N–H and O–H groups in total. The minimum atomic E-state index is -0.0762. The van der Waals surface area contributed by atoms with E-state index in [9.17, 15) is 4.79 Å². The number of nitrogens with zero attached hydrogens (tertiary/aromatic N) is 3. The van der Waals surface area contributed by atoms with Gasteiger partial charge in [-0.25, -0.2) is 4.98 Å². The standard InChI is InChI=1S/C20H21N5O/c1-2-9-21-18-8-7-14(13-23-18)17(26)12-19-24-16-6-4-3-5-15(16)20-22-10-11-25(19)20/h3-8,12-13,24H,2,9-11H2,1H3,(H,21,23)/b19-12+. The molecule has 0 aliphatic carbocycles. The van der Waals surface area contributed by atoms with Crippen molar-refractivity contribution in [1.29, 1.82) is 0 Å². The molecule has 26 heavy (non-hydrogen) atoms. The van der Waals surface area contributed by atoms with E-state index in [1.54, 1.807) is 18.3 Å². The number of amidine groups is 1. The first kappa shape index (κ1) is 16.3. The van der Waals surface area contributed by atoms with E-state index < -0.39 is 0 Å². The molecule has 0 radical (unpaired) electrons. The Hall–Kier alpha value is -3.15. The van der Waals surface area contributed by atoms with Gasteiger partial charge in [0.2, 0.25) is 0 Å². The van der Waals surface area contributed by atoms with Gasteiger partial charge in [-0.05, 0) is 30.7 Å². The Morgan fingerprint density at radius 2 is 2.19 bits per heavy atom. The van der Waals surface area contributed by atoms with E-state index in [4.69, 9.17) is 0 Å². The van der Waals surface area contributed by atoms with Crippen LogP contribution in [0.4, 0.5) is 11.5 Å². The van der Waals surface area contributed by atoms with Crippen LogP contribution in [0.3, 0.4) is 0 Å². The molecule has 2 aromatic rings. The fourth-order valence-electron chi connectivity index (χ4n) is 3.12. The molecule has 0 amide bonds. The number of carbonyl (C=O) groups excluding carboxylic acids is 1. The third-order valence-corrected chi connectivity index (χ3v) is 4.43. The summed E-state index contributed by atoms with van der Waals surface area (Å²) in [6.07, 6.45) is 4.28. The van der Waals surface area contributed by atoms with Gasteiger partial charge in [0.15, 0.2) is 5.78 Å². The van der Waals surface area contributed by atoms with Crippen molar-refractivity contribution >= 4 is 23.1 Å². The maximum Gasteiger partial charge on any atom is 0.191 e. The fraction of sp³-hybridized carbons (Fsp3) is 0.250. The Kier molecular flexibility index (Phi) is 4.39. The van der Waals surface area contributed by atoms with Gasteiger partial charge in [0.1, 0.15) is 17.5 Å². The van der Waals surface area contributed by atoms with Crippen LogP contribution in [0.25, 0.3) is 0 Å². The number of benzene rings is 1. The highest BCUT2D eigenvalue weighted by Crippen LogP contribution is 2.29. The number of nitrogens with one attached hydrogen (secondary N) is 2. The number of para-hydroxylation sites is 1. The number of rotatable bonds is 5. The predicted octanol–water partition coefficient (Wildman–Crippen LogP) is 3.12. The summed E-state index contributed by atoms with van der Waals surface area (Å²) >= 11 is 0. The van der Waals surface area contributed by atoms with Crippen molar-refractivity contribution in [3.05, 3.63) is 65.6 Å². The van der Waals surface area contributed by atoms with Gasteiger partial charge in [0.25, 0.3) is 0 Å². The van der Waals surface area contributed by atoms with E-state index in [1.165, 1.54) is 0 Å². The molecule has 0 unspecified atom stereocenters. The van der Waals surface area contributed by atoms with Gasteiger partial charge in [-0.3, -0.25) is 9.79 Å². The molecular weight excluding hydrogens is 326 g/mol. The molecule has 4 rings (SSSR count). The summed E-state index contributed by atoms with van der Waals surface area (Å²) in [5.74, 6) is 2.40. The van der Waals surface area contributed by atoms with Crippen molar-refractivity contribution in [2.24, 2.45) is 4.99 Å². The smallest absolute Gasteiger partial charge is 0.191 e. The van der Waals surface area contributed by atoms with Gasteiger partial charge in [0, 0.05) is 36.5 Å². The zero-order valence-electron chi connectivity index (χ0n) is 14.7. The normalized spacial score (nSPS) is 16.6. The van der Waals surface area contributed by atoms with E-state index in [-0.39, 0.29) is 5.78 Å². The lowest BCUT2D eigenvalue weighted by molar-refractivity contribution is 0.104. The monoisotopic (exact) mass is 347 g/mol. The van der Waals surface area contributed by atoms with Gasteiger partial charge in [-0.2, -0.15) is 0 Å². The number of carbonyl (C=O) groups is 1. The van der Waals surface area contributed by atoms with E-state index in [2.05, 4.69) is 32.4 Å². The lowest BCUT2D eigenvalue weighted by Gasteiger charge is -2.31. The predicted molar refractivity (Wildman–Crippen MR) is 104 cm³/mol. The van der Waals surface area contributed by atoms with Gasteiger partial charge >= 0.3 is 0 Å². The maximum absolute atomic E-state index is 12.7. The average molecular weight is 347 g/mol. The third kappa shape index (κ3) is 3.06. The SMILES string of the molecule is CCCNc1ccc(C(=O)/C=C2\Nc3ccccc3C3=NCCN32)cn1.